The van der Waals surface area contributed by atoms with Gasteiger partial charge in [-0.05, 0) is 19.5 Å². The monoisotopic (exact) mass is 260 g/mol. The molecule has 8 nitrogen and oxygen atoms in total. The normalized spacial score (nSPS) is 9.83. The van der Waals surface area contributed by atoms with E-state index in [1.807, 2.05) is 6.92 Å². The molecule has 0 rings (SSSR count). The van der Waals surface area contributed by atoms with E-state index in [9.17, 15) is 14.4 Å². The SMILES string of the molecule is CCNCCCNC(=O)N(CC(N)=O)CC(=O)O. The summed E-state index contributed by atoms with van der Waals surface area (Å²) >= 11 is 0. The van der Waals surface area contributed by atoms with E-state index in [4.69, 9.17) is 10.8 Å². The molecular formula is C10H20N4O4. The van der Waals surface area contributed by atoms with Gasteiger partial charge in [0.2, 0.25) is 5.91 Å². The highest BCUT2D eigenvalue weighted by Gasteiger charge is 2.17. The summed E-state index contributed by atoms with van der Waals surface area (Å²) in [6.07, 6.45) is 0.719. The lowest BCUT2D eigenvalue weighted by Gasteiger charge is -2.19. The summed E-state index contributed by atoms with van der Waals surface area (Å²) in [7, 11) is 0. The van der Waals surface area contributed by atoms with Gasteiger partial charge in [-0.25, -0.2) is 4.79 Å². The van der Waals surface area contributed by atoms with Gasteiger partial charge in [-0.3, -0.25) is 9.59 Å². The highest BCUT2D eigenvalue weighted by atomic mass is 16.4. The van der Waals surface area contributed by atoms with Crippen LogP contribution in [-0.4, -0.2) is 60.6 Å². The quantitative estimate of drug-likeness (QED) is 0.378. The maximum absolute atomic E-state index is 11.6. The number of nitrogens with two attached hydrogens (primary N) is 1. The molecule has 0 heterocycles. The number of hydrogen-bond donors (Lipinski definition) is 4. The van der Waals surface area contributed by atoms with Gasteiger partial charge in [-0.15, -0.1) is 0 Å². The summed E-state index contributed by atoms with van der Waals surface area (Å²) < 4.78 is 0. The Kier molecular flexibility index (Phi) is 8.29. The fourth-order valence-corrected chi connectivity index (χ4v) is 1.25. The molecule has 0 aliphatic carbocycles. The number of carboxylic acid groups (broad SMARTS) is 1. The number of rotatable bonds is 9. The fourth-order valence-electron chi connectivity index (χ4n) is 1.25. The number of nitrogens with zero attached hydrogens (tertiary/aromatic N) is 1. The predicted octanol–water partition coefficient (Wildman–Crippen LogP) is -1.43. The minimum Gasteiger partial charge on any atom is -0.480 e. The minimum absolute atomic E-state index is 0.403. The Morgan fingerprint density at radius 1 is 1.22 bits per heavy atom. The number of urea groups is 1. The van der Waals surface area contributed by atoms with Gasteiger partial charge in [0, 0.05) is 6.54 Å². The van der Waals surface area contributed by atoms with Crippen LogP contribution in [0.15, 0.2) is 0 Å². The first-order chi connectivity index (χ1) is 8.47. The second-order valence-corrected chi connectivity index (χ2v) is 3.66. The van der Waals surface area contributed by atoms with Crippen molar-refractivity contribution in [1.29, 1.82) is 0 Å². The Bertz CT molecular complexity index is 280. The maximum Gasteiger partial charge on any atom is 0.323 e. The van der Waals surface area contributed by atoms with Gasteiger partial charge in [-0.2, -0.15) is 0 Å². The van der Waals surface area contributed by atoms with Crippen LogP contribution in [0.4, 0.5) is 4.79 Å². The van der Waals surface area contributed by atoms with Crippen molar-refractivity contribution in [3.63, 3.8) is 0 Å². The number of amides is 3. The number of primary amides is 1. The van der Waals surface area contributed by atoms with Gasteiger partial charge in [0.05, 0.1) is 0 Å². The van der Waals surface area contributed by atoms with E-state index in [1.54, 1.807) is 0 Å². The van der Waals surface area contributed by atoms with E-state index >= 15 is 0 Å². The van der Waals surface area contributed by atoms with Crippen LogP contribution in [0.5, 0.6) is 0 Å². The Labute approximate surface area is 106 Å². The number of carbonyl (C=O) groups is 3. The molecule has 0 spiro atoms. The zero-order valence-electron chi connectivity index (χ0n) is 10.4. The van der Waals surface area contributed by atoms with Crippen LogP contribution in [0.2, 0.25) is 0 Å². The molecule has 5 N–H and O–H groups in total. The third-order valence-corrected chi connectivity index (χ3v) is 2.02. The summed E-state index contributed by atoms with van der Waals surface area (Å²) in [4.78, 5) is 33.7. The van der Waals surface area contributed by atoms with Crippen molar-refractivity contribution in [2.75, 3.05) is 32.7 Å². The van der Waals surface area contributed by atoms with Crippen molar-refractivity contribution in [3.8, 4) is 0 Å². The van der Waals surface area contributed by atoms with E-state index in [-0.39, 0.29) is 0 Å². The molecule has 0 aliphatic rings. The fraction of sp³-hybridized carbons (Fsp3) is 0.700. The van der Waals surface area contributed by atoms with Crippen molar-refractivity contribution >= 4 is 17.9 Å². The van der Waals surface area contributed by atoms with Gasteiger partial charge in [-0.1, -0.05) is 6.92 Å². The van der Waals surface area contributed by atoms with Gasteiger partial charge in [0.25, 0.3) is 0 Å². The molecule has 0 atom stereocenters. The molecule has 0 aromatic rings. The molecule has 0 bridgehead atoms. The molecule has 18 heavy (non-hydrogen) atoms. The zero-order valence-corrected chi connectivity index (χ0v) is 10.4. The summed E-state index contributed by atoms with van der Waals surface area (Å²) in [6.45, 7) is 3.01. The number of aliphatic carboxylic acids is 1. The number of hydrogen-bond acceptors (Lipinski definition) is 4. The molecule has 0 saturated carbocycles. The van der Waals surface area contributed by atoms with Crippen LogP contribution < -0.4 is 16.4 Å². The van der Waals surface area contributed by atoms with E-state index in [2.05, 4.69) is 10.6 Å². The Balaban J connectivity index is 4.04. The third-order valence-electron chi connectivity index (χ3n) is 2.02. The summed E-state index contributed by atoms with van der Waals surface area (Å²) in [5.74, 6) is -1.95. The average molecular weight is 260 g/mol. The molecule has 0 aromatic carbocycles. The van der Waals surface area contributed by atoms with Gasteiger partial charge in [0.1, 0.15) is 13.1 Å². The number of nitrogens with one attached hydrogen (secondary N) is 2. The van der Waals surface area contributed by atoms with Gasteiger partial charge >= 0.3 is 12.0 Å². The lowest BCUT2D eigenvalue weighted by molar-refractivity contribution is -0.137. The summed E-state index contributed by atoms with van der Waals surface area (Å²) in [6, 6.07) is -0.604. The standard InChI is InChI=1S/C10H20N4O4/c1-2-12-4-3-5-13-10(18)14(6-8(11)15)7-9(16)17/h12H,2-7H2,1H3,(H2,11,15)(H,13,18)(H,16,17). The largest absolute Gasteiger partial charge is 0.480 e. The van der Waals surface area contributed by atoms with E-state index in [0.717, 1.165) is 24.4 Å². The lowest BCUT2D eigenvalue weighted by Crippen LogP contribution is -2.47. The molecule has 0 unspecified atom stereocenters. The van der Waals surface area contributed by atoms with Crippen LogP contribution in [0.1, 0.15) is 13.3 Å². The second-order valence-electron chi connectivity index (χ2n) is 3.66. The smallest absolute Gasteiger partial charge is 0.323 e. The molecule has 0 fully saturated rings. The molecule has 0 aliphatic heterocycles. The average Bonchev–Trinajstić information content (AvgIpc) is 2.26. The number of carbonyl (C=O) groups excluding carboxylic acids is 2. The van der Waals surface area contributed by atoms with E-state index < -0.39 is 31.0 Å². The van der Waals surface area contributed by atoms with Gasteiger partial charge in [0.15, 0.2) is 0 Å². The Hall–Kier alpha value is -1.83. The van der Waals surface area contributed by atoms with Crippen molar-refractivity contribution in [3.05, 3.63) is 0 Å². The molecule has 0 saturated heterocycles. The molecule has 0 aromatic heterocycles. The number of carboxylic acids is 1. The minimum atomic E-state index is -1.20. The Morgan fingerprint density at radius 3 is 2.39 bits per heavy atom. The van der Waals surface area contributed by atoms with Crippen molar-refractivity contribution in [2.24, 2.45) is 5.73 Å². The van der Waals surface area contributed by atoms with Crippen molar-refractivity contribution in [1.82, 2.24) is 15.5 Å². The van der Waals surface area contributed by atoms with Crippen molar-refractivity contribution < 1.29 is 19.5 Å². The Morgan fingerprint density at radius 2 is 1.89 bits per heavy atom. The molecule has 104 valence electrons. The first-order valence-electron chi connectivity index (χ1n) is 5.71. The second kappa shape index (κ2) is 9.23. The van der Waals surface area contributed by atoms with Crippen LogP contribution in [0, 0.1) is 0 Å². The zero-order chi connectivity index (χ0) is 14.0. The molecule has 8 heteroatoms. The predicted molar refractivity (Wildman–Crippen MR) is 65.0 cm³/mol. The summed E-state index contributed by atoms with van der Waals surface area (Å²) in [5.41, 5.74) is 4.94. The molecular weight excluding hydrogens is 240 g/mol. The van der Waals surface area contributed by atoms with E-state index in [1.165, 1.54) is 0 Å². The molecule has 3 amide bonds. The third kappa shape index (κ3) is 8.34. The van der Waals surface area contributed by atoms with E-state index in [0.29, 0.717) is 6.54 Å². The first-order valence-corrected chi connectivity index (χ1v) is 5.71. The van der Waals surface area contributed by atoms with Crippen LogP contribution in [0.3, 0.4) is 0 Å². The maximum atomic E-state index is 11.6. The summed E-state index contributed by atoms with van der Waals surface area (Å²) in [5, 5.41) is 14.2. The highest BCUT2D eigenvalue weighted by molar-refractivity contribution is 5.85. The van der Waals surface area contributed by atoms with Gasteiger partial charge < -0.3 is 26.4 Å². The lowest BCUT2D eigenvalue weighted by atomic mass is 10.4. The van der Waals surface area contributed by atoms with Crippen LogP contribution >= 0.6 is 0 Å². The topological polar surface area (TPSA) is 125 Å². The van der Waals surface area contributed by atoms with Crippen molar-refractivity contribution in [2.45, 2.75) is 13.3 Å². The van der Waals surface area contributed by atoms with Crippen LogP contribution in [-0.2, 0) is 9.59 Å². The molecule has 0 radical (unpaired) electrons. The highest BCUT2D eigenvalue weighted by Crippen LogP contribution is 1.90. The first kappa shape index (κ1) is 16.2. The van der Waals surface area contributed by atoms with Crippen LogP contribution in [0.25, 0.3) is 0 Å².